The van der Waals surface area contributed by atoms with Gasteiger partial charge in [0.1, 0.15) is 6.61 Å². The largest absolute Gasteiger partial charge is 0.472 e. The van der Waals surface area contributed by atoms with E-state index in [1.54, 1.807) is 0 Å². The molecule has 346 valence electrons. The van der Waals surface area contributed by atoms with Gasteiger partial charge in [0.25, 0.3) is 0 Å². The second-order valence-corrected chi connectivity index (χ2v) is 16.3. The minimum Gasteiger partial charge on any atom is -0.462 e. The molecule has 0 aromatic heterocycles. The van der Waals surface area contributed by atoms with E-state index in [0.717, 1.165) is 128 Å². The monoisotopic (exact) mass is 870 g/mol. The second kappa shape index (κ2) is 46.2. The van der Waals surface area contributed by atoms with Crippen molar-refractivity contribution in [2.75, 3.05) is 26.4 Å². The molecule has 9 nitrogen and oxygen atoms in total. The number of nitrogens with two attached hydrogens (primary N) is 1. The lowest BCUT2D eigenvalue weighted by molar-refractivity contribution is -0.161. The van der Waals surface area contributed by atoms with Crippen LogP contribution in [0.3, 0.4) is 0 Å². The predicted molar refractivity (Wildman–Crippen MR) is 256 cm³/mol. The Morgan fingerprint density at radius 1 is 0.492 bits per heavy atom. The molecule has 0 fully saturated rings. The van der Waals surface area contributed by atoms with Crippen LogP contribution in [0, 0.1) is 0 Å². The first kappa shape index (κ1) is 57.7. The molecule has 0 heterocycles. The number of hydrogen-bond acceptors (Lipinski definition) is 8. The van der Waals surface area contributed by atoms with Gasteiger partial charge in [-0.15, -0.1) is 0 Å². The Balaban J connectivity index is 4.18. The van der Waals surface area contributed by atoms with Crippen molar-refractivity contribution in [1.82, 2.24) is 0 Å². The van der Waals surface area contributed by atoms with Crippen LogP contribution in [0.15, 0.2) is 109 Å². The average Bonchev–Trinajstić information content (AvgIpc) is 3.25. The minimum absolute atomic E-state index is 0.0416. The maximum atomic E-state index is 12.6. The Morgan fingerprint density at radius 2 is 0.852 bits per heavy atom. The summed E-state index contributed by atoms with van der Waals surface area (Å²) in [7, 11) is -4.40. The van der Waals surface area contributed by atoms with Crippen LogP contribution in [0.4, 0.5) is 0 Å². The standard InChI is InChI=1S/C51H84NO8P/c1-3-5-7-9-11-13-15-17-19-20-21-22-23-24-25-26-27-28-30-32-34-36-38-40-42-44-51(54)60-49(48-59-61(55,56)58-46-45-52)47-57-50(53)43-41-39-37-35-33-31-29-18-16-14-12-10-8-6-4-2/h5-8,11-14,17-19,21-22,24-25,27-29,49H,3-4,9-10,15-16,20,23,26,30-48,52H2,1-2H3,(H,55,56)/b7-5-,8-6-,13-11-,14-12-,19-17-,22-21-,25-24-,28-27-,29-18-. The van der Waals surface area contributed by atoms with Gasteiger partial charge >= 0.3 is 19.8 Å². The summed E-state index contributed by atoms with van der Waals surface area (Å²) < 4.78 is 32.8. The molecule has 61 heavy (non-hydrogen) atoms. The number of hydrogen-bond donors (Lipinski definition) is 2. The fraction of sp³-hybridized carbons (Fsp3) is 0.608. The number of ether oxygens (including phenoxy) is 2. The van der Waals surface area contributed by atoms with Gasteiger partial charge < -0.3 is 20.1 Å². The summed E-state index contributed by atoms with van der Waals surface area (Å²) in [6.07, 6.45) is 61.2. The molecule has 0 radical (unpaired) electrons. The SMILES string of the molecule is CC/C=C\C/C=C\C/C=C\C/C=C\C/C=C\C/C=C\CCCCCCCCC(=O)OC(COC(=O)CCCCCCC/C=C\C/C=C\C/C=C\CC)COP(=O)(O)OCCN. The Morgan fingerprint density at radius 3 is 1.26 bits per heavy atom. The van der Waals surface area contributed by atoms with E-state index in [2.05, 4.69) is 123 Å². The summed E-state index contributed by atoms with van der Waals surface area (Å²) in [5.74, 6) is -0.876. The van der Waals surface area contributed by atoms with E-state index in [1.165, 1.54) is 0 Å². The number of rotatable bonds is 42. The zero-order chi connectivity index (χ0) is 44.6. The molecular formula is C51H84NO8P. The summed E-state index contributed by atoms with van der Waals surface area (Å²) in [6, 6.07) is 0. The van der Waals surface area contributed by atoms with Gasteiger partial charge in [-0.25, -0.2) is 4.57 Å². The molecule has 2 unspecified atom stereocenters. The van der Waals surface area contributed by atoms with Gasteiger partial charge in [-0.3, -0.25) is 18.6 Å². The smallest absolute Gasteiger partial charge is 0.462 e. The van der Waals surface area contributed by atoms with E-state index in [4.69, 9.17) is 24.3 Å². The predicted octanol–water partition coefficient (Wildman–Crippen LogP) is 13.9. The molecule has 0 aliphatic heterocycles. The first-order valence-corrected chi connectivity index (χ1v) is 24.9. The number of allylic oxidation sites excluding steroid dienone is 18. The number of phosphoric ester groups is 1. The maximum Gasteiger partial charge on any atom is 0.472 e. The fourth-order valence-electron chi connectivity index (χ4n) is 5.77. The van der Waals surface area contributed by atoms with Crippen LogP contribution in [0.2, 0.25) is 0 Å². The van der Waals surface area contributed by atoms with E-state index in [-0.39, 0.29) is 32.6 Å². The first-order chi connectivity index (χ1) is 29.8. The summed E-state index contributed by atoms with van der Waals surface area (Å²) in [6.45, 7) is 3.45. The molecule has 0 saturated heterocycles. The minimum atomic E-state index is -4.40. The molecule has 0 aliphatic rings. The van der Waals surface area contributed by atoms with Gasteiger partial charge in [0, 0.05) is 19.4 Å². The number of unbranched alkanes of at least 4 members (excludes halogenated alkanes) is 11. The highest BCUT2D eigenvalue weighted by Crippen LogP contribution is 2.43. The quantitative estimate of drug-likeness (QED) is 0.0266. The zero-order valence-electron chi connectivity index (χ0n) is 38.1. The van der Waals surface area contributed by atoms with Gasteiger partial charge in [-0.2, -0.15) is 0 Å². The van der Waals surface area contributed by atoms with Crippen LogP contribution in [-0.2, 0) is 32.7 Å². The summed E-state index contributed by atoms with van der Waals surface area (Å²) >= 11 is 0. The zero-order valence-corrected chi connectivity index (χ0v) is 39.0. The van der Waals surface area contributed by atoms with Crippen molar-refractivity contribution in [2.45, 2.75) is 174 Å². The summed E-state index contributed by atoms with van der Waals surface area (Å²) in [5.41, 5.74) is 5.35. The molecule has 0 saturated carbocycles. The second-order valence-electron chi connectivity index (χ2n) is 14.9. The molecule has 3 N–H and O–H groups in total. The van der Waals surface area contributed by atoms with Crippen LogP contribution in [0.1, 0.15) is 168 Å². The van der Waals surface area contributed by atoms with Crippen LogP contribution < -0.4 is 5.73 Å². The van der Waals surface area contributed by atoms with E-state index in [0.29, 0.717) is 12.8 Å². The normalized spacial score (nSPS) is 14.2. The van der Waals surface area contributed by atoms with Gasteiger partial charge in [0.2, 0.25) is 0 Å². The van der Waals surface area contributed by atoms with Crippen molar-refractivity contribution in [3.05, 3.63) is 109 Å². The first-order valence-electron chi connectivity index (χ1n) is 23.4. The number of phosphoric acid groups is 1. The van der Waals surface area contributed by atoms with Crippen LogP contribution >= 0.6 is 7.82 Å². The molecule has 0 aliphatic carbocycles. The van der Waals surface area contributed by atoms with Gasteiger partial charge in [-0.1, -0.05) is 168 Å². The Hall–Kier alpha value is -3.33. The topological polar surface area (TPSA) is 134 Å². The molecule has 0 aromatic carbocycles. The molecular weight excluding hydrogens is 786 g/mol. The molecule has 0 rings (SSSR count). The van der Waals surface area contributed by atoms with E-state index in [9.17, 15) is 19.0 Å². The lowest BCUT2D eigenvalue weighted by Crippen LogP contribution is -2.29. The van der Waals surface area contributed by atoms with Gasteiger partial charge in [0.15, 0.2) is 6.10 Å². The van der Waals surface area contributed by atoms with Crippen molar-refractivity contribution in [2.24, 2.45) is 5.73 Å². The summed E-state index contributed by atoms with van der Waals surface area (Å²) in [5, 5.41) is 0. The molecule has 0 spiro atoms. The molecule has 0 aromatic rings. The highest BCUT2D eigenvalue weighted by molar-refractivity contribution is 7.47. The Kier molecular flexibility index (Phi) is 43.7. The van der Waals surface area contributed by atoms with Crippen LogP contribution in [0.5, 0.6) is 0 Å². The Labute approximate surface area is 371 Å². The van der Waals surface area contributed by atoms with Crippen molar-refractivity contribution < 1.29 is 37.6 Å². The third-order valence-corrected chi connectivity index (χ3v) is 10.1. The van der Waals surface area contributed by atoms with Gasteiger partial charge in [0.05, 0.1) is 13.2 Å². The van der Waals surface area contributed by atoms with E-state index >= 15 is 0 Å². The average molecular weight is 870 g/mol. The highest BCUT2D eigenvalue weighted by Gasteiger charge is 2.26. The van der Waals surface area contributed by atoms with Crippen molar-refractivity contribution in [3.8, 4) is 0 Å². The van der Waals surface area contributed by atoms with Gasteiger partial charge in [-0.05, 0) is 96.3 Å². The molecule has 0 amide bonds. The maximum absolute atomic E-state index is 12.6. The third kappa shape index (κ3) is 46.0. The lowest BCUT2D eigenvalue weighted by atomic mass is 10.1. The number of carbonyl (C=O) groups excluding carboxylic acids is 2. The lowest BCUT2D eigenvalue weighted by Gasteiger charge is -2.19. The molecule has 0 bridgehead atoms. The fourth-order valence-corrected chi connectivity index (χ4v) is 6.53. The molecule has 10 heteroatoms. The number of esters is 2. The van der Waals surface area contributed by atoms with E-state index < -0.39 is 32.5 Å². The highest BCUT2D eigenvalue weighted by atomic mass is 31.2. The van der Waals surface area contributed by atoms with E-state index in [1.807, 2.05) is 0 Å². The molecule has 2 atom stereocenters. The third-order valence-electron chi connectivity index (χ3n) is 9.15. The van der Waals surface area contributed by atoms with Crippen molar-refractivity contribution >= 4 is 19.8 Å². The van der Waals surface area contributed by atoms with Crippen LogP contribution in [0.25, 0.3) is 0 Å². The summed E-state index contributed by atoms with van der Waals surface area (Å²) in [4.78, 5) is 35.0. The van der Waals surface area contributed by atoms with Crippen molar-refractivity contribution in [3.63, 3.8) is 0 Å². The Bertz CT molecular complexity index is 1360. The van der Waals surface area contributed by atoms with Crippen LogP contribution in [-0.4, -0.2) is 49.3 Å². The van der Waals surface area contributed by atoms with Crippen molar-refractivity contribution in [1.29, 1.82) is 0 Å². The number of carbonyl (C=O) groups is 2.